The summed E-state index contributed by atoms with van der Waals surface area (Å²) in [6, 6.07) is 8.14. The molecule has 1 atom stereocenters. The third kappa shape index (κ3) is 4.11. The minimum Gasteiger partial charge on any atom is -0.344 e. The van der Waals surface area contributed by atoms with E-state index in [1.54, 1.807) is 0 Å². The molecule has 2 aliphatic heterocycles. The largest absolute Gasteiger partial charge is 0.344 e. The molecule has 1 aromatic rings. The Balaban J connectivity index is 1.39. The molecule has 0 unspecified atom stereocenters. The molecule has 3 rings (SSSR count). The maximum Gasteiger partial charge on any atom is 0.243 e. The summed E-state index contributed by atoms with van der Waals surface area (Å²) in [5.41, 5.74) is 2.81. The first-order chi connectivity index (χ1) is 11.2. The molecule has 5 heteroatoms. The number of nitrogens with one attached hydrogen (secondary N) is 2. The van der Waals surface area contributed by atoms with Crippen LogP contribution in [0.25, 0.3) is 0 Å². The smallest absolute Gasteiger partial charge is 0.243 e. The number of rotatable bonds is 3. The van der Waals surface area contributed by atoms with E-state index in [2.05, 4.69) is 51.6 Å². The highest BCUT2D eigenvalue weighted by Crippen LogP contribution is 2.17. The van der Waals surface area contributed by atoms with Gasteiger partial charge in [-0.25, -0.2) is 0 Å². The van der Waals surface area contributed by atoms with E-state index >= 15 is 0 Å². The first-order valence-electron chi connectivity index (χ1n) is 8.04. The second kappa shape index (κ2) is 7.30. The van der Waals surface area contributed by atoms with Crippen LogP contribution in [0, 0.1) is 11.8 Å². The number of carbonyl (C=O) groups excluding carboxylic acids is 2. The number of hydrogen-bond donors (Lipinski definition) is 2. The van der Waals surface area contributed by atoms with Crippen LogP contribution >= 0.6 is 0 Å². The number of nitrogens with zero attached hydrogens (tertiary/aromatic N) is 1. The number of benzene rings is 1. The van der Waals surface area contributed by atoms with Crippen molar-refractivity contribution in [2.75, 3.05) is 19.6 Å². The fraction of sp³-hybridized carbons (Fsp3) is 0.444. The standard InChI is InChI=1S/C18H21N3O2/c22-17-8-7-16(20-17)18(23)19-10-3-4-11-21-12-9-14-5-1-2-6-15(14)13-21/h1-2,5-6,16H,7-13H2,(H,19,23)(H,20,22)/t16-/m0/s1. The maximum atomic E-state index is 11.8. The Morgan fingerprint density at radius 1 is 1.26 bits per heavy atom. The van der Waals surface area contributed by atoms with Crippen molar-refractivity contribution in [1.29, 1.82) is 0 Å². The zero-order valence-electron chi connectivity index (χ0n) is 13.1. The molecule has 2 amide bonds. The second-order valence-corrected chi connectivity index (χ2v) is 5.96. The fourth-order valence-corrected chi connectivity index (χ4v) is 2.98. The Bertz CT molecular complexity index is 660. The summed E-state index contributed by atoms with van der Waals surface area (Å²) in [4.78, 5) is 25.2. The lowest BCUT2D eigenvalue weighted by atomic mass is 10.0. The monoisotopic (exact) mass is 311 g/mol. The Labute approximate surface area is 136 Å². The Hall–Kier alpha value is -2.32. The van der Waals surface area contributed by atoms with Gasteiger partial charge in [-0.2, -0.15) is 0 Å². The lowest BCUT2D eigenvalue weighted by Gasteiger charge is -2.26. The van der Waals surface area contributed by atoms with E-state index in [1.807, 2.05) is 0 Å². The summed E-state index contributed by atoms with van der Waals surface area (Å²) in [6.07, 6.45) is 2.07. The zero-order valence-corrected chi connectivity index (χ0v) is 13.1. The average molecular weight is 311 g/mol. The third-order valence-corrected chi connectivity index (χ3v) is 4.30. The van der Waals surface area contributed by atoms with Crippen molar-refractivity contribution >= 4 is 11.8 Å². The predicted octanol–water partition coefficient (Wildman–Crippen LogP) is 0.443. The molecule has 0 spiro atoms. The summed E-state index contributed by atoms with van der Waals surface area (Å²) in [7, 11) is 0. The molecule has 23 heavy (non-hydrogen) atoms. The summed E-state index contributed by atoms with van der Waals surface area (Å²) < 4.78 is 0. The highest BCUT2D eigenvalue weighted by Gasteiger charge is 2.26. The minimum absolute atomic E-state index is 0.0541. The van der Waals surface area contributed by atoms with Gasteiger partial charge in [-0.05, 0) is 24.0 Å². The Morgan fingerprint density at radius 3 is 2.87 bits per heavy atom. The molecule has 1 saturated heterocycles. The average Bonchev–Trinajstić information content (AvgIpc) is 3.01. The Kier molecular flexibility index (Phi) is 4.94. The van der Waals surface area contributed by atoms with Crippen LogP contribution in [0.15, 0.2) is 24.3 Å². The second-order valence-electron chi connectivity index (χ2n) is 5.96. The van der Waals surface area contributed by atoms with Crippen LogP contribution in [-0.4, -0.2) is 42.4 Å². The molecule has 0 radical (unpaired) electrons. The quantitative estimate of drug-likeness (QED) is 0.797. The van der Waals surface area contributed by atoms with Crippen LogP contribution in [-0.2, 0) is 22.6 Å². The van der Waals surface area contributed by atoms with Gasteiger partial charge in [0.25, 0.3) is 0 Å². The molecule has 0 aliphatic carbocycles. The summed E-state index contributed by atoms with van der Waals surface area (Å²) in [5.74, 6) is 5.90. The summed E-state index contributed by atoms with van der Waals surface area (Å²) >= 11 is 0. The number of fused-ring (bicyclic) bond motifs is 1. The van der Waals surface area contributed by atoms with Crippen molar-refractivity contribution in [1.82, 2.24) is 15.5 Å². The topological polar surface area (TPSA) is 61.4 Å². The molecule has 0 bridgehead atoms. The van der Waals surface area contributed by atoms with E-state index in [4.69, 9.17) is 0 Å². The van der Waals surface area contributed by atoms with Gasteiger partial charge >= 0.3 is 0 Å². The zero-order chi connectivity index (χ0) is 16.1. The molecule has 2 aliphatic rings. The number of carbonyl (C=O) groups is 2. The van der Waals surface area contributed by atoms with Gasteiger partial charge in [0.2, 0.25) is 11.8 Å². The minimum atomic E-state index is -0.386. The number of hydrogen-bond acceptors (Lipinski definition) is 3. The molecule has 0 saturated carbocycles. The highest BCUT2D eigenvalue weighted by molar-refractivity contribution is 5.90. The van der Waals surface area contributed by atoms with Crippen LogP contribution in [0.3, 0.4) is 0 Å². The fourth-order valence-electron chi connectivity index (χ4n) is 2.98. The van der Waals surface area contributed by atoms with Crippen molar-refractivity contribution in [3.63, 3.8) is 0 Å². The van der Waals surface area contributed by atoms with E-state index < -0.39 is 0 Å². The Morgan fingerprint density at radius 2 is 2.09 bits per heavy atom. The molecular weight excluding hydrogens is 290 g/mol. The van der Waals surface area contributed by atoms with Crippen molar-refractivity contribution < 1.29 is 9.59 Å². The van der Waals surface area contributed by atoms with Gasteiger partial charge in [-0.1, -0.05) is 36.1 Å². The normalized spacial score (nSPS) is 20.2. The molecule has 2 N–H and O–H groups in total. The first-order valence-corrected chi connectivity index (χ1v) is 8.04. The molecule has 5 nitrogen and oxygen atoms in total. The van der Waals surface area contributed by atoms with Crippen molar-refractivity contribution in [2.24, 2.45) is 0 Å². The van der Waals surface area contributed by atoms with Crippen LogP contribution in [0.2, 0.25) is 0 Å². The van der Waals surface area contributed by atoms with E-state index in [1.165, 1.54) is 11.1 Å². The number of amides is 2. The predicted molar refractivity (Wildman–Crippen MR) is 87.4 cm³/mol. The van der Waals surface area contributed by atoms with Crippen molar-refractivity contribution in [3.05, 3.63) is 35.4 Å². The van der Waals surface area contributed by atoms with Gasteiger partial charge in [0.05, 0.1) is 13.1 Å². The molecule has 0 aromatic heterocycles. The molecule has 2 heterocycles. The third-order valence-electron chi connectivity index (χ3n) is 4.30. The van der Waals surface area contributed by atoms with Gasteiger partial charge in [-0.15, -0.1) is 0 Å². The van der Waals surface area contributed by atoms with Crippen LogP contribution in [0.5, 0.6) is 0 Å². The maximum absolute atomic E-state index is 11.8. The molecule has 120 valence electrons. The summed E-state index contributed by atoms with van der Waals surface area (Å²) in [5, 5.41) is 5.40. The molecule has 1 aromatic carbocycles. The van der Waals surface area contributed by atoms with Gasteiger partial charge in [0.15, 0.2) is 0 Å². The SMILES string of the molecule is O=C1CC[C@@H](C(=O)NCC#CCN2CCc3ccccc3C2)N1. The van der Waals surface area contributed by atoms with E-state index in [-0.39, 0.29) is 17.9 Å². The van der Waals surface area contributed by atoms with E-state index in [0.29, 0.717) is 25.9 Å². The van der Waals surface area contributed by atoms with Gasteiger partial charge in [-0.3, -0.25) is 14.5 Å². The lowest BCUT2D eigenvalue weighted by molar-refractivity contribution is -0.125. The first kappa shape index (κ1) is 15.6. The molecular formula is C18H21N3O2. The van der Waals surface area contributed by atoms with Crippen molar-refractivity contribution in [2.45, 2.75) is 31.8 Å². The van der Waals surface area contributed by atoms with Crippen LogP contribution in [0.4, 0.5) is 0 Å². The van der Waals surface area contributed by atoms with Gasteiger partial charge in [0.1, 0.15) is 6.04 Å². The van der Waals surface area contributed by atoms with Gasteiger partial charge in [0, 0.05) is 19.5 Å². The van der Waals surface area contributed by atoms with Crippen LogP contribution < -0.4 is 10.6 Å². The van der Waals surface area contributed by atoms with Gasteiger partial charge < -0.3 is 10.6 Å². The van der Waals surface area contributed by atoms with E-state index in [9.17, 15) is 9.59 Å². The van der Waals surface area contributed by atoms with Crippen molar-refractivity contribution in [3.8, 4) is 11.8 Å². The van der Waals surface area contributed by atoms with E-state index in [0.717, 1.165) is 19.5 Å². The van der Waals surface area contributed by atoms with Crippen LogP contribution in [0.1, 0.15) is 24.0 Å². The highest BCUT2D eigenvalue weighted by atomic mass is 16.2. The summed E-state index contributed by atoms with van der Waals surface area (Å²) in [6.45, 7) is 3.00. The molecule has 1 fully saturated rings. The lowest BCUT2D eigenvalue weighted by Crippen LogP contribution is -2.41.